The average Bonchev–Trinajstić information content (AvgIpc) is 2.80. The number of nitrogens with one attached hydrogen (secondary N) is 1. The minimum atomic E-state index is -2.40. The molecule has 0 aromatic rings. The summed E-state index contributed by atoms with van der Waals surface area (Å²) in [5, 5.41) is 2.66. The molecule has 2 N–H and O–H groups in total. The Morgan fingerprint density at radius 3 is 1.68 bits per heavy atom. The van der Waals surface area contributed by atoms with E-state index in [0.29, 0.717) is 12.8 Å². The number of carbonyl (C=O) groups is 4. The second-order valence-corrected chi connectivity index (χ2v) is 13.2. The molecule has 0 aliphatic rings. The van der Waals surface area contributed by atoms with Crippen molar-refractivity contribution in [1.29, 1.82) is 0 Å². The van der Waals surface area contributed by atoms with Gasteiger partial charge in [-0.15, -0.1) is 0 Å². The van der Waals surface area contributed by atoms with Crippen molar-refractivity contribution in [3.63, 3.8) is 0 Å². The molecule has 0 aromatic heterocycles. The van der Waals surface area contributed by atoms with Crippen LogP contribution < -0.4 is 5.32 Å². The van der Waals surface area contributed by atoms with Crippen LogP contribution in [0.4, 0.5) is 0 Å². The highest BCUT2D eigenvalue weighted by molar-refractivity contribution is 7.84. The van der Waals surface area contributed by atoms with Gasteiger partial charge in [0.25, 0.3) is 0 Å². The molecule has 2 atom stereocenters. The highest BCUT2D eigenvalue weighted by Crippen LogP contribution is 2.36. The lowest BCUT2D eigenvalue weighted by molar-refractivity contribution is -0.870. The zero-order valence-corrected chi connectivity index (χ0v) is 25.4. The van der Waals surface area contributed by atoms with Crippen molar-refractivity contribution in [2.45, 2.75) is 135 Å². The van der Waals surface area contributed by atoms with Crippen molar-refractivity contribution in [3.05, 3.63) is 0 Å². The second kappa shape index (κ2) is 21.7. The molecular weight excluding hydrogens is 487 g/mol. The van der Waals surface area contributed by atoms with Crippen LogP contribution in [-0.2, 0) is 19.2 Å². The number of nitrogens with zero attached hydrogens (tertiary/aromatic N) is 1. The van der Waals surface area contributed by atoms with Crippen molar-refractivity contribution in [1.82, 2.24) is 5.32 Å². The van der Waals surface area contributed by atoms with Gasteiger partial charge in [-0.1, -0.05) is 77.6 Å². The number of rotatable bonds is 25. The monoisotopic (exact) mass is 543 g/mol. The number of hydrogen-bond acceptors (Lipinski definition) is 5. The van der Waals surface area contributed by atoms with E-state index < -0.39 is 25.2 Å². The van der Waals surface area contributed by atoms with Gasteiger partial charge in [-0.25, -0.2) is 0 Å². The van der Waals surface area contributed by atoms with Gasteiger partial charge in [0.05, 0.1) is 27.7 Å². The summed E-state index contributed by atoms with van der Waals surface area (Å²) < 4.78 is 0.798. The molecule has 0 aliphatic heterocycles. The summed E-state index contributed by atoms with van der Waals surface area (Å²) in [6, 6.07) is -0.669. The first kappa shape index (κ1) is 35.8. The Morgan fingerprint density at radius 1 is 0.703 bits per heavy atom. The summed E-state index contributed by atoms with van der Waals surface area (Å²) in [6.45, 7) is 4.49. The molecule has 8 heteroatoms. The van der Waals surface area contributed by atoms with Gasteiger partial charge in [-0.3, -0.25) is 19.2 Å². The van der Waals surface area contributed by atoms with E-state index in [0.717, 1.165) is 36.7 Å². The molecular formula is C29H56N2O5P+. The van der Waals surface area contributed by atoms with E-state index in [1.165, 1.54) is 64.7 Å². The maximum absolute atomic E-state index is 12.5. The third kappa shape index (κ3) is 22.5. The van der Waals surface area contributed by atoms with Crippen LogP contribution >= 0.6 is 8.15 Å². The highest BCUT2D eigenvalue weighted by Gasteiger charge is 2.28. The van der Waals surface area contributed by atoms with E-state index >= 15 is 0 Å². The van der Waals surface area contributed by atoms with Crippen LogP contribution in [0.3, 0.4) is 0 Å². The topological polar surface area (TPSA) is 101 Å². The third-order valence-electron chi connectivity index (χ3n) is 6.55. The van der Waals surface area contributed by atoms with Crippen molar-refractivity contribution in [2.75, 3.05) is 27.7 Å². The van der Waals surface area contributed by atoms with Crippen LogP contribution in [0.2, 0.25) is 0 Å². The third-order valence-corrected chi connectivity index (χ3v) is 7.90. The summed E-state index contributed by atoms with van der Waals surface area (Å²) >= 11 is 0. The number of quaternary nitrogens is 1. The van der Waals surface area contributed by atoms with Crippen LogP contribution in [0, 0.1) is 0 Å². The molecule has 0 bridgehead atoms. The average molecular weight is 544 g/mol. The lowest BCUT2D eigenvalue weighted by Gasteiger charge is -2.23. The summed E-state index contributed by atoms with van der Waals surface area (Å²) in [7, 11) is 3.82. The summed E-state index contributed by atoms with van der Waals surface area (Å²) in [5.41, 5.74) is -0.991. The van der Waals surface area contributed by atoms with Gasteiger partial charge < -0.3 is 14.7 Å². The van der Waals surface area contributed by atoms with E-state index in [1.54, 1.807) is 0 Å². The molecule has 0 saturated carbocycles. The molecule has 0 rings (SSSR count). The highest BCUT2D eigenvalue weighted by atomic mass is 31.1. The largest absolute Gasteiger partial charge is 0.360 e. The fraction of sp³-hybridized carbons (Fsp3) is 0.862. The molecule has 0 fully saturated rings. The molecule has 0 saturated heterocycles. The lowest BCUT2D eigenvalue weighted by Crippen LogP contribution is -2.36. The van der Waals surface area contributed by atoms with E-state index in [-0.39, 0.29) is 31.0 Å². The molecule has 0 spiro atoms. The minimum Gasteiger partial charge on any atom is -0.360 e. The molecule has 0 heterocycles. The summed E-state index contributed by atoms with van der Waals surface area (Å²) in [5.74, 6) is -0.322. The van der Waals surface area contributed by atoms with E-state index in [4.69, 9.17) is 0 Å². The van der Waals surface area contributed by atoms with E-state index in [2.05, 4.69) is 33.4 Å². The molecule has 7 nitrogen and oxygen atoms in total. The molecule has 1 amide bonds. The number of ketones is 1. The number of hydrogen-bond donors (Lipinski definition) is 2. The van der Waals surface area contributed by atoms with Crippen LogP contribution in [0.5, 0.6) is 0 Å². The van der Waals surface area contributed by atoms with Crippen molar-refractivity contribution in [2.24, 2.45) is 0 Å². The summed E-state index contributed by atoms with van der Waals surface area (Å²) in [4.78, 5) is 59.1. The van der Waals surface area contributed by atoms with Crippen LogP contribution in [0.15, 0.2) is 0 Å². The van der Waals surface area contributed by atoms with Gasteiger partial charge in [0.2, 0.25) is 5.91 Å². The van der Waals surface area contributed by atoms with Gasteiger partial charge in [-0.05, 0) is 19.3 Å². The van der Waals surface area contributed by atoms with Crippen LogP contribution in [0.25, 0.3) is 0 Å². The smallest absolute Gasteiger partial charge is 0.217 e. The maximum atomic E-state index is 12.5. The van der Waals surface area contributed by atoms with Gasteiger partial charge >= 0.3 is 0 Å². The molecule has 2 unspecified atom stereocenters. The zero-order valence-electron chi connectivity index (χ0n) is 24.5. The van der Waals surface area contributed by atoms with Gasteiger partial charge in [0, 0.05) is 38.6 Å². The Bertz CT molecular complexity index is 663. The fourth-order valence-corrected chi connectivity index (χ4v) is 5.45. The van der Waals surface area contributed by atoms with E-state index in [1.807, 2.05) is 0 Å². The van der Waals surface area contributed by atoms with E-state index in [9.17, 15) is 24.1 Å². The predicted molar refractivity (Wildman–Crippen MR) is 153 cm³/mol. The second-order valence-electron chi connectivity index (χ2n) is 11.6. The Kier molecular flexibility index (Phi) is 21.0. The predicted octanol–water partition coefficient (Wildman–Crippen LogP) is 6.25. The van der Waals surface area contributed by atoms with Crippen molar-refractivity contribution in [3.8, 4) is 0 Å². The van der Waals surface area contributed by atoms with Crippen molar-refractivity contribution < 1.29 is 28.6 Å². The normalized spacial score (nSPS) is 13.2. The SMILES string of the molecule is CCCCCCCCCCCCCCC(=O)CC(CC(=O)P(O)C(=O)CCCC[N+](C)(C)C)NC(C)=O. The zero-order chi connectivity index (χ0) is 28.1. The number of amides is 1. The molecule has 37 heavy (non-hydrogen) atoms. The molecule has 0 radical (unpaired) electrons. The van der Waals surface area contributed by atoms with Gasteiger partial charge in [0.1, 0.15) is 5.78 Å². The Hall–Kier alpha value is -1.17. The Labute approximate surface area is 228 Å². The summed E-state index contributed by atoms with van der Waals surface area (Å²) in [6.07, 6.45) is 16.7. The standard InChI is InChI=1S/C29H55N2O5P/c1-6-7-8-9-10-11-12-13-14-15-16-17-20-27(33)23-26(30-25(2)32)24-29(35)37(36)28(34)21-18-19-22-31(3,4)5/h26,36H,6-24H2,1-5H3/p+1. The van der Waals surface area contributed by atoms with Gasteiger partial charge in [-0.2, -0.15) is 0 Å². The fourth-order valence-electron chi connectivity index (χ4n) is 4.41. The number of unbranched alkanes of at least 4 members (excludes halogenated alkanes) is 12. The molecule has 216 valence electrons. The first-order valence-electron chi connectivity index (χ1n) is 14.6. The molecule has 0 aliphatic carbocycles. The quantitative estimate of drug-likeness (QED) is 0.0805. The molecule has 0 aromatic carbocycles. The number of carbonyl (C=O) groups excluding carboxylic acids is 4. The Balaban J connectivity index is 4.20. The minimum absolute atomic E-state index is 0.00697. The lowest BCUT2D eigenvalue weighted by atomic mass is 10.0. The first-order valence-corrected chi connectivity index (χ1v) is 15.9. The van der Waals surface area contributed by atoms with Crippen LogP contribution in [-0.4, -0.2) is 65.8 Å². The number of Topliss-reactive ketones (excluding diaryl/α,β-unsaturated/α-hetero) is 1. The van der Waals surface area contributed by atoms with Gasteiger partial charge in [0.15, 0.2) is 19.2 Å². The maximum Gasteiger partial charge on any atom is 0.217 e. The van der Waals surface area contributed by atoms with Crippen molar-refractivity contribution >= 4 is 30.9 Å². The Morgan fingerprint density at radius 2 is 1.19 bits per heavy atom. The van der Waals surface area contributed by atoms with Crippen LogP contribution in [0.1, 0.15) is 129 Å². The first-order chi connectivity index (χ1) is 17.5.